The van der Waals surface area contributed by atoms with E-state index in [-0.39, 0.29) is 43.3 Å². The second-order valence-corrected chi connectivity index (χ2v) is 7.14. The Morgan fingerprint density at radius 2 is 1.81 bits per heavy atom. The van der Waals surface area contributed by atoms with E-state index in [4.69, 9.17) is 0 Å². The SMILES string of the molecule is C[C@@H]1CC(=O)Nc2ccccc2N1C(=O)CN(C)CC(=O)N1CCCC1. The number of fused-ring (bicyclic) bond motifs is 1. The van der Waals surface area contributed by atoms with E-state index in [0.717, 1.165) is 25.9 Å². The van der Waals surface area contributed by atoms with Gasteiger partial charge in [-0.25, -0.2) is 0 Å². The first-order chi connectivity index (χ1) is 12.5. The molecule has 0 bridgehead atoms. The number of nitrogens with one attached hydrogen (secondary N) is 1. The number of hydrogen-bond acceptors (Lipinski definition) is 4. The van der Waals surface area contributed by atoms with Crippen molar-refractivity contribution in [2.24, 2.45) is 0 Å². The number of benzene rings is 1. The molecular weight excluding hydrogens is 332 g/mol. The first-order valence-electron chi connectivity index (χ1n) is 9.13. The molecule has 140 valence electrons. The molecule has 2 aliphatic heterocycles. The minimum Gasteiger partial charge on any atom is -0.342 e. The lowest BCUT2D eigenvalue weighted by atomic mass is 10.1. The van der Waals surface area contributed by atoms with Crippen molar-refractivity contribution >= 4 is 29.1 Å². The number of nitrogens with zero attached hydrogens (tertiary/aromatic N) is 3. The number of para-hydroxylation sites is 2. The lowest BCUT2D eigenvalue weighted by molar-refractivity contribution is -0.131. The van der Waals surface area contributed by atoms with E-state index in [9.17, 15) is 14.4 Å². The molecule has 2 heterocycles. The minimum atomic E-state index is -0.242. The smallest absolute Gasteiger partial charge is 0.241 e. The summed E-state index contributed by atoms with van der Waals surface area (Å²) >= 11 is 0. The van der Waals surface area contributed by atoms with Gasteiger partial charge in [0.25, 0.3) is 0 Å². The van der Waals surface area contributed by atoms with Crippen LogP contribution in [0.3, 0.4) is 0 Å². The molecule has 1 fully saturated rings. The Kier molecular flexibility index (Phi) is 5.56. The lowest BCUT2D eigenvalue weighted by Gasteiger charge is -2.30. The number of anilines is 2. The Hall–Kier alpha value is -2.41. The highest BCUT2D eigenvalue weighted by atomic mass is 16.2. The van der Waals surface area contributed by atoms with Crippen LogP contribution in [0.15, 0.2) is 24.3 Å². The zero-order valence-corrected chi connectivity index (χ0v) is 15.4. The van der Waals surface area contributed by atoms with Gasteiger partial charge in [0.15, 0.2) is 0 Å². The van der Waals surface area contributed by atoms with Crippen molar-refractivity contribution in [3.63, 3.8) is 0 Å². The van der Waals surface area contributed by atoms with E-state index in [2.05, 4.69) is 5.32 Å². The molecule has 0 aliphatic carbocycles. The molecule has 0 unspecified atom stereocenters. The monoisotopic (exact) mass is 358 g/mol. The molecule has 0 spiro atoms. The summed E-state index contributed by atoms with van der Waals surface area (Å²) in [5.74, 6) is -0.144. The number of likely N-dealkylation sites (N-methyl/N-ethyl adjacent to an activating group) is 1. The quantitative estimate of drug-likeness (QED) is 0.881. The summed E-state index contributed by atoms with van der Waals surface area (Å²) in [6.45, 7) is 3.85. The van der Waals surface area contributed by atoms with Gasteiger partial charge in [0, 0.05) is 25.6 Å². The number of likely N-dealkylation sites (tertiary alicyclic amines) is 1. The van der Waals surface area contributed by atoms with Crippen molar-refractivity contribution in [2.75, 3.05) is 43.4 Å². The largest absolute Gasteiger partial charge is 0.342 e. The average molecular weight is 358 g/mol. The van der Waals surface area contributed by atoms with Gasteiger partial charge < -0.3 is 15.1 Å². The molecule has 0 radical (unpaired) electrons. The van der Waals surface area contributed by atoms with Gasteiger partial charge >= 0.3 is 0 Å². The molecule has 3 rings (SSSR count). The third-order valence-corrected chi connectivity index (χ3v) is 4.90. The van der Waals surface area contributed by atoms with Crippen LogP contribution >= 0.6 is 0 Å². The van der Waals surface area contributed by atoms with Crippen LogP contribution in [0.25, 0.3) is 0 Å². The molecule has 2 aliphatic rings. The van der Waals surface area contributed by atoms with Crippen molar-refractivity contribution in [3.8, 4) is 0 Å². The fraction of sp³-hybridized carbons (Fsp3) is 0.526. The van der Waals surface area contributed by atoms with Crippen molar-refractivity contribution in [1.29, 1.82) is 0 Å². The van der Waals surface area contributed by atoms with Crippen molar-refractivity contribution < 1.29 is 14.4 Å². The summed E-state index contributed by atoms with van der Waals surface area (Å²) in [6, 6.07) is 7.08. The summed E-state index contributed by atoms with van der Waals surface area (Å²) in [7, 11) is 1.78. The predicted octanol–water partition coefficient (Wildman–Crippen LogP) is 1.30. The summed E-state index contributed by atoms with van der Waals surface area (Å²) in [4.78, 5) is 42.5. The highest BCUT2D eigenvalue weighted by molar-refractivity contribution is 6.05. The Bertz CT molecular complexity index is 700. The van der Waals surface area contributed by atoms with Gasteiger partial charge in [0.1, 0.15) is 0 Å². The van der Waals surface area contributed by atoms with E-state index >= 15 is 0 Å². The highest BCUT2D eigenvalue weighted by Crippen LogP contribution is 2.31. The van der Waals surface area contributed by atoms with Crippen LogP contribution < -0.4 is 10.2 Å². The van der Waals surface area contributed by atoms with E-state index in [1.807, 2.05) is 30.0 Å². The zero-order chi connectivity index (χ0) is 18.7. The number of carbonyl (C=O) groups is 3. The van der Waals surface area contributed by atoms with Crippen molar-refractivity contribution in [1.82, 2.24) is 9.80 Å². The molecule has 7 nitrogen and oxygen atoms in total. The van der Waals surface area contributed by atoms with Gasteiger partial charge in [0.05, 0.1) is 24.5 Å². The normalized spacial score (nSPS) is 20.0. The molecule has 26 heavy (non-hydrogen) atoms. The first-order valence-corrected chi connectivity index (χ1v) is 9.13. The van der Waals surface area contributed by atoms with Crippen molar-refractivity contribution in [3.05, 3.63) is 24.3 Å². The van der Waals surface area contributed by atoms with Crippen LogP contribution in [0.5, 0.6) is 0 Å². The molecule has 0 aromatic heterocycles. The number of amides is 3. The third kappa shape index (κ3) is 4.04. The highest BCUT2D eigenvalue weighted by Gasteiger charge is 2.30. The lowest BCUT2D eigenvalue weighted by Crippen LogP contribution is -2.46. The second-order valence-electron chi connectivity index (χ2n) is 7.14. The minimum absolute atomic E-state index is 0.0685. The van der Waals surface area contributed by atoms with Crippen LogP contribution in [0.1, 0.15) is 26.2 Å². The first kappa shape index (κ1) is 18.4. The van der Waals surface area contributed by atoms with Crippen LogP contribution in [0.4, 0.5) is 11.4 Å². The van der Waals surface area contributed by atoms with Crippen molar-refractivity contribution in [2.45, 2.75) is 32.2 Å². The molecule has 0 saturated carbocycles. The molecular formula is C19H26N4O3. The maximum absolute atomic E-state index is 13.0. The van der Waals surface area contributed by atoms with Gasteiger partial charge in [-0.3, -0.25) is 19.3 Å². The molecule has 1 aromatic carbocycles. The van der Waals surface area contributed by atoms with Crippen LogP contribution in [-0.2, 0) is 14.4 Å². The summed E-state index contributed by atoms with van der Waals surface area (Å²) in [6.07, 6.45) is 2.35. The molecule has 3 amide bonds. The van der Waals surface area contributed by atoms with Crippen LogP contribution in [0.2, 0.25) is 0 Å². The molecule has 7 heteroatoms. The average Bonchev–Trinajstić information content (AvgIpc) is 3.06. The van der Waals surface area contributed by atoms with Gasteiger partial charge in [-0.15, -0.1) is 0 Å². The number of rotatable bonds is 4. The second kappa shape index (κ2) is 7.86. The van der Waals surface area contributed by atoms with Gasteiger partial charge in [-0.05, 0) is 38.9 Å². The van der Waals surface area contributed by atoms with E-state index in [0.29, 0.717) is 11.4 Å². The number of hydrogen-bond donors (Lipinski definition) is 1. The van der Waals surface area contributed by atoms with Crippen LogP contribution in [-0.4, -0.2) is 66.8 Å². The topological polar surface area (TPSA) is 73.0 Å². The Labute approximate surface area is 153 Å². The fourth-order valence-corrected chi connectivity index (χ4v) is 3.63. The molecule has 1 aromatic rings. The van der Waals surface area contributed by atoms with E-state index in [1.165, 1.54) is 0 Å². The predicted molar refractivity (Wildman–Crippen MR) is 99.9 cm³/mol. The molecule has 1 saturated heterocycles. The maximum atomic E-state index is 13.0. The Balaban J connectivity index is 1.69. The molecule has 1 N–H and O–H groups in total. The summed E-state index contributed by atoms with van der Waals surface area (Å²) in [5.41, 5.74) is 1.35. The van der Waals surface area contributed by atoms with E-state index < -0.39 is 0 Å². The Morgan fingerprint density at radius 1 is 1.15 bits per heavy atom. The Morgan fingerprint density at radius 3 is 2.54 bits per heavy atom. The van der Waals surface area contributed by atoms with Gasteiger partial charge in [-0.2, -0.15) is 0 Å². The van der Waals surface area contributed by atoms with E-state index in [1.54, 1.807) is 22.9 Å². The maximum Gasteiger partial charge on any atom is 0.241 e. The number of carbonyl (C=O) groups excluding carboxylic acids is 3. The summed E-state index contributed by atoms with van der Waals surface area (Å²) < 4.78 is 0. The summed E-state index contributed by atoms with van der Waals surface area (Å²) in [5, 5.41) is 2.85. The van der Waals surface area contributed by atoms with Gasteiger partial charge in [-0.1, -0.05) is 12.1 Å². The fourth-order valence-electron chi connectivity index (χ4n) is 3.63. The van der Waals surface area contributed by atoms with Gasteiger partial charge in [0.2, 0.25) is 17.7 Å². The zero-order valence-electron chi connectivity index (χ0n) is 15.4. The standard InChI is InChI=1S/C19H26N4O3/c1-14-11-17(24)20-15-7-3-4-8-16(15)23(14)19(26)13-21(2)12-18(25)22-9-5-6-10-22/h3-4,7-8,14H,5-6,9-13H2,1-2H3,(H,20,24)/t14-/m1/s1. The van der Waals surface area contributed by atoms with Crippen LogP contribution in [0, 0.1) is 0 Å². The third-order valence-electron chi connectivity index (χ3n) is 4.90. The molecule has 1 atom stereocenters.